The van der Waals surface area contributed by atoms with Crippen molar-refractivity contribution in [1.29, 1.82) is 0 Å². The fourth-order valence-electron chi connectivity index (χ4n) is 3.21. The summed E-state index contributed by atoms with van der Waals surface area (Å²) in [6, 6.07) is 0. The SMILES string of the molecule is COCC(CN)(C1CC1)N1CCCCCC1. The maximum absolute atomic E-state index is 6.09. The highest BCUT2D eigenvalue weighted by molar-refractivity contribution is 5.03. The monoisotopic (exact) mass is 226 g/mol. The van der Waals surface area contributed by atoms with Gasteiger partial charge in [-0.1, -0.05) is 12.8 Å². The van der Waals surface area contributed by atoms with E-state index >= 15 is 0 Å². The summed E-state index contributed by atoms with van der Waals surface area (Å²) in [5.74, 6) is 0.788. The van der Waals surface area contributed by atoms with Crippen LogP contribution in [0.1, 0.15) is 38.5 Å². The highest BCUT2D eigenvalue weighted by Gasteiger charge is 2.48. The second kappa shape index (κ2) is 5.48. The second-order valence-electron chi connectivity index (χ2n) is 5.42. The Kier molecular flexibility index (Phi) is 4.22. The summed E-state index contributed by atoms with van der Waals surface area (Å²) in [4.78, 5) is 2.64. The van der Waals surface area contributed by atoms with E-state index < -0.39 is 0 Å². The molecule has 3 heteroatoms. The number of likely N-dealkylation sites (tertiary alicyclic amines) is 1. The molecular formula is C13H26N2O. The Morgan fingerprint density at radius 2 is 1.81 bits per heavy atom. The van der Waals surface area contributed by atoms with E-state index in [1.807, 2.05) is 7.11 Å². The molecule has 2 fully saturated rings. The van der Waals surface area contributed by atoms with Crippen LogP contribution in [0.5, 0.6) is 0 Å². The number of hydrogen-bond donors (Lipinski definition) is 1. The molecule has 0 aromatic carbocycles. The molecule has 0 aromatic rings. The first-order valence-electron chi connectivity index (χ1n) is 6.77. The molecule has 0 spiro atoms. The summed E-state index contributed by atoms with van der Waals surface area (Å²) >= 11 is 0. The van der Waals surface area contributed by atoms with Gasteiger partial charge >= 0.3 is 0 Å². The molecule has 2 N–H and O–H groups in total. The molecule has 94 valence electrons. The van der Waals surface area contributed by atoms with Gasteiger partial charge in [-0.05, 0) is 44.7 Å². The van der Waals surface area contributed by atoms with Crippen molar-refractivity contribution in [2.24, 2.45) is 11.7 Å². The zero-order chi connectivity index (χ0) is 11.4. The minimum Gasteiger partial charge on any atom is -0.383 e. The third-order valence-corrected chi connectivity index (χ3v) is 4.32. The van der Waals surface area contributed by atoms with Crippen molar-refractivity contribution in [3.05, 3.63) is 0 Å². The largest absolute Gasteiger partial charge is 0.383 e. The van der Waals surface area contributed by atoms with Crippen molar-refractivity contribution in [1.82, 2.24) is 4.90 Å². The summed E-state index contributed by atoms with van der Waals surface area (Å²) in [6.07, 6.45) is 8.12. The molecule has 1 saturated heterocycles. The first kappa shape index (κ1) is 12.3. The average Bonchev–Trinajstić information content (AvgIpc) is 3.12. The number of rotatable bonds is 5. The third kappa shape index (κ3) is 2.41. The summed E-state index contributed by atoms with van der Waals surface area (Å²) < 4.78 is 5.47. The van der Waals surface area contributed by atoms with Crippen LogP contribution < -0.4 is 5.73 Å². The summed E-state index contributed by atoms with van der Waals surface area (Å²) in [5.41, 5.74) is 6.25. The third-order valence-electron chi connectivity index (χ3n) is 4.32. The van der Waals surface area contributed by atoms with E-state index in [1.165, 1.54) is 51.6 Å². The first-order chi connectivity index (χ1) is 7.83. The molecule has 2 rings (SSSR count). The fourth-order valence-corrected chi connectivity index (χ4v) is 3.21. The van der Waals surface area contributed by atoms with Gasteiger partial charge in [0.15, 0.2) is 0 Å². The zero-order valence-corrected chi connectivity index (χ0v) is 10.6. The molecule has 0 aromatic heterocycles. The predicted molar refractivity (Wildman–Crippen MR) is 66.4 cm³/mol. The van der Waals surface area contributed by atoms with Gasteiger partial charge in [-0.15, -0.1) is 0 Å². The molecule has 16 heavy (non-hydrogen) atoms. The van der Waals surface area contributed by atoms with Gasteiger partial charge in [0.1, 0.15) is 0 Å². The van der Waals surface area contributed by atoms with Crippen molar-refractivity contribution in [3.8, 4) is 0 Å². The van der Waals surface area contributed by atoms with E-state index in [9.17, 15) is 0 Å². The van der Waals surface area contributed by atoms with Gasteiger partial charge < -0.3 is 10.5 Å². The van der Waals surface area contributed by atoms with Crippen LogP contribution in [0.2, 0.25) is 0 Å². The van der Waals surface area contributed by atoms with Crippen molar-refractivity contribution < 1.29 is 4.74 Å². The number of hydrogen-bond acceptors (Lipinski definition) is 3. The van der Waals surface area contributed by atoms with Gasteiger partial charge in [-0.25, -0.2) is 0 Å². The summed E-state index contributed by atoms with van der Waals surface area (Å²) in [5, 5.41) is 0. The topological polar surface area (TPSA) is 38.5 Å². The van der Waals surface area contributed by atoms with Gasteiger partial charge in [0.25, 0.3) is 0 Å². The molecule has 1 aliphatic carbocycles. The van der Waals surface area contributed by atoms with Crippen LogP contribution in [-0.2, 0) is 4.74 Å². The molecule has 0 bridgehead atoms. The molecule has 1 unspecified atom stereocenters. The Balaban J connectivity index is 2.08. The molecule has 1 aliphatic heterocycles. The molecule has 1 saturated carbocycles. The van der Waals surface area contributed by atoms with Gasteiger partial charge in [0.05, 0.1) is 12.1 Å². The molecule has 1 heterocycles. The maximum atomic E-state index is 6.09. The van der Waals surface area contributed by atoms with Gasteiger partial charge in [0.2, 0.25) is 0 Å². The van der Waals surface area contributed by atoms with Gasteiger partial charge in [-0.3, -0.25) is 4.90 Å². The van der Waals surface area contributed by atoms with E-state index in [0.717, 1.165) is 19.1 Å². The van der Waals surface area contributed by atoms with Crippen molar-refractivity contribution in [2.45, 2.75) is 44.1 Å². The first-order valence-corrected chi connectivity index (χ1v) is 6.77. The van der Waals surface area contributed by atoms with Gasteiger partial charge in [-0.2, -0.15) is 0 Å². The van der Waals surface area contributed by atoms with Gasteiger partial charge in [0, 0.05) is 13.7 Å². The van der Waals surface area contributed by atoms with Crippen LogP contribution >= 0.6 is 0 Å². The Morgan fingerprint density at radius 1 is 1.19 bits per heavy atom. The Morgan fingerprint density at radius 3 is 2.25 bits per heavy atom. The molecule has 3 nitrogen and oxygen atoms in total. The van der Waals surface area contributed by atoms with E-state index in [1.54, 1.807) is 0 Å². The van der Waals surface area contributed by atoms with Crippen LogP contribution in [0.4, 0.5) is 0 Å². The normalized spacial score (nSPS) is 27.4. The highest BCUT2D eigenvalue weighted by atomic mass is 16.5. The zero-order valence-electron chi connectivity index (χ0n) is 10.6. The lowest BCUT2D eigenvalue weighted by Crippen LogP contribution is -2.59. The molecule has 0 radical (unpaired) electrons. The van der Waals surface area contributed by atoms with Crippen molar-refractivity contribution in [2.75, 3.05) is 33.4 Å². The molecule has 1 atom stereocenters. The Hall–Kier alpha value is -0.120. The van der Waals surface area contributed by atoms with Crippen LogP contribution in [0.25, 0.3) is 0 Å². The van der Waals surface area contributed by atoms with Crippen LogP contribution in [0.15, 0.2) is 0 Å². The smallest absolute Gasteiger partial charge is 0.0661 e. The summed E-state index contributed by atoms with van der Waals surface area (Å²) in [7, 11) is 1.81. The number of nitrogens with zero attached hydrogens (tertiary/aromatic N) is 1. The van der Waals surface area contributed by atoms with E-state index in [4.69, 9.17) is 10.5 Å². The van der Waals surface area contributed by atoms with E-state index in [2.05, 4.69) is 4.90 Å². The lowest BCUT2D eigenvalue weighted by Gasteiger charge is -2.43. The van der Waals surface area contributed by atoms with Crippen LogP contribution in [-0.4, -0.2) is 43.8 Å². The summed E-state index contributed by atoms with van der Waals surface area (Å²) in [6.45, 7) is 4.01. The van der Waals surface area contributed by atoms with Crippen LogP contribution in [0.3, 0.4) is 0 Å². The number of ether oxygens (including phenoxy) is 1. The van der Waals surface area contributed by atoms with Crippen molar-refractivity contribution in [3.63, 3.8) is 0 Å². The Bertz CT molecular complexity index is 210. The lowest BCUT2D eigenvalue weighted by atomic mass is 9.91. The number of nitrogens with two attached hydrogens (primary N) is 1. The molecular weight excluding hydrogens is 200 g/mol. The van der Waals surface area contributed by atoms with Crippen LogP contribution in [0, 0.1) is 5.92 Å². The van der Waals surface area contributed by atoms with E-state index in [0.29, 0.717) is 0 Å². The molecule has 2 aliphatic rings. The molecule has 0 amide bonds. The number of methoxy groups -OCH3 is 1. The Labute approximate surface area is 99.3 Å². The lowest BCUT2D eigenvalue weighted by molar-refractivity contribution is 0.00101. The average molecular weight is 226 g/mol. The quantitative estimate of drug-likeness (QED) is 0.774. The standard InChI is InChI=1S/C13H26N2O/c1-16-11-13(10-14,12-6-7-12)15-8-4-2-3-5-9-15/h12H,2-11,14H2,1H3. The predicted octanol–water partition coefficient (Wildman–Crippen LogP) is 1.62. The fraction of sp³-hybridized carbons (Fsp3) is 1.00. The highest BCUT2D eigenvalue weighted by Crippen LogP contribution is 2.43. The minimum atomic E-state index is 0.152. The van der Waals surface area contributed by atoms with Crippen molar-refractivity contribution >= 4 is 0 Å². The van der Waals surface area contributed by atoms with E-state index in [-0.39, 0.29) is 5.54 Å². The second-order valence-corrected chi connectivity index (χ2v) is 5.42. The minimum absolute atomic E-state index is 0.152. The maximum Gasteiger partial charge on any atom is 0.0661 e.